The Balaban J connectivity index is 1.98. The Bertz CT molecular complexity index is 804. The number of carbonyl (C=O) groups excluding carboxylic acids is 3. The van der Waals surface area contributed by atoms with Crippen LogP contribution in [0, 0.1) is 0 Å². The van der Waals surface area contributed by atoms with Gasteiger partial charge in [0.2, 0.25) is 5.91 Å². The Kier molecular flexibility index (Phi) is 7.33. The average Bonchev–Trinajstić information content (AvgIpc) is 2.63. The minimum absolute atomic E-state index is 0.0587. The van der Waals surface area contributed by atoms with E-state index < -0.39 is 6.16 Å². The number of carbonyl (C=O) groups is 3. The number of benzene rings is 2. The highest BCUT2D eigenvalue weighted by molar-refractivity contribution is 6.04. The maximum absolute atomic E-state index is 12.3. The Morgan fingerprint density at radius 1 is 0.963 bits per heavy atom. The first-order chi connectivity index (χ1) is 13.0. The van der Waals surface area contributed by atoms with Crippen molar-refractivity contribution in [2.24, 2.45) is 0 Å². The summed E-state index contributed by atoms with van der Waals surface area (Å²) in [4.78, 5) is 35.1. The van der Waals surface area contributed by atoms with Gasteiger partial charge in [0.15, 0.2) is 0 Å². The molecule has 2 amide bonds. The molecule has 0 unspecified atom stereocenters. The third-order valence-corrected chi connectivity index (χ3v) is 3.26. The summed E-state index contributed by atoms with van der Waals surface area (Å²) in [5.74, 6) is -0.371. The second kappa shape index (κ2) is 9.93. The van der Waals surface area contributed by atoms with Crippen molar-refractivity contribution in [3.63, 3.8) is 0 Å². The molecule has 2 aromatic rings. The highest BCUT2D eigenvalue weighted by Gasteiger charge is 2.09. The number of ether oxygens (including phenoxy) is 3. The van der Waals surface area contributed by atoms with Crippen molar-refractivity contribution >= 4 is 29.3 Å². The van der Waals surface area contributed by atoms with Gasteiger partial charge in [-0.1, -0.05) is 6.07 Å². The van der Waals surface area contributed by atoms with E-state index in [9.17, 15) is 14.4 Å². The van der Waals surface area contributed by atoms with Crippen LogP contribution in [-0.2, 0) is 14.3 Å². The van der Waals surface area contributed by atoms with Crippen molar-refractivity contribution in [2.45, 2.75) is 6.92 Å². The number of methoxy groups -OCH3 is 1. The highest BCUT2D eigenvalue weighted by Crippen LogP contribution is 2.18. The monoisotopic (exact) mass is 372 g/mol. The van der Waals surface area contributed by atoms with Gasteiger partial charge in [-0.05, 0) is 49.4 Å². The summed E-state index contributed by atoms with van der Waals surface area (Å²) >= 11 is 0. The number of amides is 2. The molecular weight excluding hydrogens is 352 g/mol. The summed E-state index contributed by atoms with van der Waals surface area (Å²) in [5.41, 5.74) is 1.43. The Morgan fingerprint density at radius 3 is 2.26 bits per heavy atom. The van der Waals surface area contributed by atoms with E-state index >= 15 is 0 Å². The molecule has 0 aliphatic rings. The summed E-state index contributed by atoms with van der Waals surface area (Å²) in [6.07, 6.45) is -0.804. The van der Waals surface area contributed by atoms with Crippen LogP contribution in [0.1, 0.15) is 17.3 Å². The molecule has 0 aromatic heterocycles. The summed E-state index contributed by atoms with van der Waals surface area (Å²) < 4.78 is 14.4. The molecule has 0 saturated heterocycles. The van der Waals surface area contributed by atoms with Gasteiger partial charge < -0.3 is 24.8 Å². The summed E-state index contributed by atoms with van der Waals surface area (Å²) in [6, 6.07) is 12.8. The Labute approximate surface area is 156 Å². The van der Waals surface area contributed by atoms with Crippen LogP contribution in [0.3, 0.4) is 0 Å². The zero-order valence-electron chi connectivity index (χ0n) is 15.0. The highest BCUT2D eigenvalue weighted by atomic mass is 16.7. The van der Waals surface area contributed by atoms with Crippen LogP contribution in [-0.4, -0.2) is 38.3 Å². The third kappa shape index (κ3) is 6.44. The van der Waals surface area contributed by atoms with E-state index in [0.29, 0.717) is 16.9 Å². The van der Waals surface area contributed by atoms with Gasteiger partial charge >= 0.3 is 6.16 Å². The molecule has 8 nitrogen and oxygen atoms in total. The van der Waals surface area contributed by atoms with Crippen LogP contribution in [0.15, 0.2) is 48.5 Å². The molecule has 0 saturated carbocycles. The van der Waals surface area contributed by atoms with Gasteiger partial charge in [-0.25, -0.2) is 4.79 Å². The lowest BCUT2D eigenvalue weighted by molar-refractivity contribution is -0.119. The number of rotatable bonds is 7. The van der Waals surface area contributed by atoms with Crippen LogP contribution < -0.4 is 15.4 Å². The number of nitrogens with one attached hydrogen (secondary N) is 2. The third-order valence-electron chi connectivity index (χ3n) is 3.26. The smallest absolute Gasteiger partial charge is 0.434 e. The first-order valence-corrected chi connectivity index (χ1v) is 8.16. The molecule has 2 aromatic carbocycles. The predicted octanol–water partition coefficient (Wildman–Crippen LogP) is 3.06. The van der Waals surface area contributed by atoms with E-state index in [1.165, 1.54) is 31.4 Å². The topological polar surface area (TPSA) is 103 Å². The Hall–Kier alpha value is -3.39. The molecule has 8 heteroatoms. The van der Waals surface area contributed by atoms with E-state index in [0.717, 1.165) is 0 Å². The van der Waals surface area contributed by atoms with Gasteiger partial charge in [0.25, 0.3) is 5.91 Å². The second-order valence-corrected chi connectivity index (χ2v) is 5.33. The molecule has 0 bridgehead atoms. The van der Waals surface area contributed by atoms with Crippen LogP contribution >= 0.6 is 0 Å². The van der Waals surface area contributed by atoms with E-state index in [2.05, 4.69) is 15.4 Å². The molecule has 0 spiro atoms. The molecule has 2 N–H and O–H groups in total. The SMILES string of the molecule is CCOC(=O)Oc1ccc(C(=O)Nc2cccc(NC(=O)COC)c2)cc1. The zero-order chi connectivity index (χ0) is 19.6. The summed E-state index contributed by atoms with van der Waals surface area (Å²) in [5, 5.41) is 5.39. The van der Waals surface area contributed by atoms with Gasteiger partial charge in [0.05, 0.1) is 6.61 Å². The molecular formula is C19H20N2O6. The van der Waals surface area contributed by atoms with Crippen LogP contribution in [0.4, 0.5) is 16.2 Å². The lowest BCUT2D eigenvalue weighted by Gasteiger charge is -2.09. The van der Waals surface area contributed by atoms with Crippen molar-refractivity contribution in [3.05, 3.63) is 54.1 Å². The Morgan fingerprint density at radius 2 is 1.63 bits per heavy atom. The van der Waals surface area contributed by atoms with Gasteiger partial charge in [0.1, 0.15) is 12.4 Å². The normalized spacial score (nSPS) is 10.0. The van der Waals surface area contributed by atoms with Gasteiger partial charge in [-0.3, -0.25) is 9.59 Å². The molecule has 0 aliphatic heterocycles. The first-order valence-electron chi connectivity index (χ1n) is 8.16. The van der Waals surface area contributed by atoms with E-state index in [1.54, 1.807) is 31.2 Å². The minimum atomic E-state index is -0.804. The quantitative estimate of drug-likeness (QED) is 0.572. The summed E-state index contributed by atoms with van der Waals surface area (Å²) in [7, 11) is 1.43. The van der Waals surface area contributed by atoms with Crippen molar-refractivity contribution in [1.29, 1.82) is 0 Å². The second-order valence-electron chi connectivity index (χ2n) is 5.33. The molecule has 142 valence electrons. The zero-order valence-corrected chi connectivity index (χ0v) is 15.0. The van der Waals surface area contributed by atoms with Crippen molar-refractivity contribution in [1.82, 2.24) is 0 Å². The molecule has 0 fully saturated rings. The van der Waals surface area contributed by atoms with Gasteiger partial charge in [0, 0.05) is 24.0 Å². The maximum Gasteiger partial charge on any atom is 0.513 e. The lowest BCUT2D eigenvalue weighted by atomic mass is 10.2. The van der Waals surface area contributed by atoms with Crippen LogP contribution in [0.5, 0.6) is 5.75 Å². The first kappa shape index (κ1) is 19.9. The molecule has 27 heavy (non-hydrogen) atoms. The standard InChI is InChI=1S/C19H20N2O6/c1-3-26-19(24)27-16-9-7-13(8-10-16)18(23)21-15-6-4-5-14(11-15)20-17(22)12-25-2/h4-11H,3,12H2,1-2H3,(H,20,22)(H,21,23). The van der Waals surface area contributed by atoms with E-state index in [-0.39, 0.29) is 30.8 Å². The molecule has 2 rings (SSSR count). The largest absolute Gasteiger partial charge is 0.513 e. The van der Waals surface area contributed by atoms with Gasteiger partial charge in [-0.2, -0.15) is 0 Å². The predicted molar refractivity (Wildman–Crippen MR) is 99.0 cm³/mol. The minimum Gasteiger partial charge on any atom is -0.434 e. The number of anilines is 2. The average molecular weight is 372 g/mol. The lowest BCUT2D eigenvalue weighted by Crippen LogP contribution is -2.17. The van der Waals surface area contributed by atoms with Crippen LogP contribution in [0.25, 0.3) is 0 Å². The molecule has 0 heterocycles. The fraction of sp³-hybridized carbons (Fsp3) is 0.211. The van der Waals surface area contributed by atoms with Crippen molar-refractivity contribution in [3.8, 4) is 5.75 Å². The fourth-order valence-corrected chi connectivity index (χ4v) is 2.12. The van der Waals surface area contributed by atoms with Crippen LogP contribution in [0.2, 0.25) is 0 Å². The van der Waals surface area contributed by atoms with E-state index in [1.807, 2.05) is 0 Å². The maximum atomic E-state index is 12.3. The summed E-state index contributed by atoms with van der Waals surface area (Å²) in [6.45, 7) is 1.83. The fourth-order valence-electron chi connectivity index (χ4n) is 2.12. The number of hydrogen-bond acceptors (Lipinski definition) is 6. The van der Waals surface area contributed by atoms with Crippen molar-refractivity contribution < 1.29 is 28.6 Å². The number of hydrogen-bond donors (Lipinski definition) is 2. The van der Waals surface area contributed by atoms with E-state index in [4.69, 9.17) is 9.47 Å². The molecule has 0 aliphatic carbocycles. The molecule has 0 radical (unpaired) electrons. The van der Waals surface area contributed by atoms with Gasteiger partial charge in [-0.15, -0.1) is 0 Å². The molecule has 0 atom stereocenters. The van der Waals surface area contributed by atoms with Crippen molar-refractivity contribution in [2.75, 3.05) is 31.0 Å².